The average Bonchev–Trinajstić information content (AvgIpc) is 3.18. The molecular formula is C20H19ClN2O2S2. The van der Waals surface area contributed by atoms with Crippen molar-refractivity contribution in [2.45, 2.75) is 26.2 Å². The van der Waals surface area contributed by atoms with E-state index in [1.165, 1.54) is 27.6 Å². The molecule has 2 amide bonds. The first kappa shape index (κ1) is 18.5. The van der Waals surface area contributed by atoms with Crippen LogP contribution in [0.4, 0.5) is 5.00 Å². The van der Waals surface area contributed by atoms with Crippen LogP contribution in [0.15, 0.2) is 24.3 Å². The molecule has 0 saturated carbocycles. The second kappa shape index (κ2) is 7.26. The van der Waals surface area contributed by atoms with Crippen LogP contribution in [0.1, 0.15) is 43.8 Å². The highest BCUT2D eigenvalue weighted by Gasteiger charge is 2.28. The number of amides is 2. The molecule has 0 unspecified atom stereocenters. The van der Waals surface area contributed by atoms with Crippen LogP contribution in [0.2, 0.25) is 5.02 Å². The third-order valence-electron chi connectivity index (χ3n) is 4.93. The van der Waals surface area contributed by atoms with Crippen LogP contribution in [0, 0.1) is 5.92 Å². The predicted octanol–water partition coefficient (Wildman–Crippen LogP) is 5.35. The minimum atomic E-state index is -0.266. The highest BCUT2D eigenvalue weighted by Crippen LogP contribution is 2.41. The topological polar surface area (TPSA) is 58.2 Å². The van der Waals surface area contributed by atoms with Crippen molar-refractivity contribution in [3.8, 4) is 0 Å². The lowest BCUT2D eigenvalue weighted by Gasteiger charge is -2.18. The van der Waals surface area contributed by atoms with Crippen molar-refractivity contribution in [1.82, 2.24) is 5.32 Å². The first-order valence-electron chi connectivity index (χ1n) is 8.84. The first-order chi connectivity index (χ1) is 13.0. The van der Waals surface area contributed by atoms with Gasteiger partial charge in [-0.2, -0.15) is 0 Å². The van der Waals surface area contributed by atoms with Crippen LogP contribution in [-0.4, -0.2) is 18.9 Å². The summed E-state index contributed by atoms with van der Waals surface area (Å²) in [6.45, 7) is 2.22. The van der Waals surface area contributed by atoms with E-state index >= 15 is 0 Å². The summed E-state index contributed by atoms with van der Waals surface area (Å²) in [6, 6.07) is 7.69. The molecule has 0 aliphatic heterocycles. The van der Waals surface area contributed by atoms with Gasteiger partial charge in [0.25, 0.3) is 11.8 Å². The van der Waals surface area contributed by atoms with Gasteiger partial charge in [-0.05, 0) is 36.8 Å². The van der Waals surface area contributed by atoms with Gasteiger partial charge in [-0.1, -0.05) is 36.7 Å². The predicted molar refractivity (Wildman–Crippen MR) is 114 cm³/mol. The number of benzene rings is 1. The molecule has 1 aliphatic rings. The van der Waals surface area contributed by atoms with E-state index in [2.05, 4.69) is 17.6 Å². The number of anilines is 1. The standard InChI is InChI=1S/C20H19ClN2O2S2/c1-10-7-8-11-14(9-10)27-20(15(11)18(24)22-2)23-19(25)17-16(21)12-5-3-4-6-13(12)26-17/h3-6,10H,7-9H2,1-2H3,(H,22,24)(H,23,25)/t10-/m1/s1. The van der Waals surface area contributed by atoms with Gasteiger partial charge in [0.2, 0.25) is 0 Å². The molecular weight excluding hydrogens is 400 g/mol. The number of hydrogen-bond acceptors (Lipinski definition) is 4. The second-order valence-electron chi connectivity index (χ2n) is 6.83. The van der Waals surface area contributed by atoms with Crippen LogP contribution >= 0.6 is 34.3 Å². The zero-order valence-electron chi connectivity index (χ0n) is 15.0. The number of thiophene rings is 2. The van der Waals surface area contributed by atoms with E-state index < -0.39 is 0 Å². The Balaban J connectivity index is 1.72. The molecule has 4 nitrogen and oxygen atoms in total. The molecule has 1 aromatic carbocycles. The molecule has 27 heavy (non-hydrogen) atoms. The molecule has 0 fully saturated rings. The monoisotopic (exact) mass is 418 g/mol. The fourth-order valence-corrected chi connectivity index (χ4v) is 6.34. The zero-order chi connectivity index (χ0) is 19.1. The molecule has 4 rings (SSSR count). The number of halogens is 1. The fraction of sp³-hybridized carbons (Fsp3) is 0.300. The average molecular weight is 419 g/mol. The summed E-state index contributed by atoms with van der Waals surface area (Å²) in [5.41, 5.74) is 1.69. The van der Waals surface area contributed by atoms with Gasteiger partial charge in [-0.15, -0.1) is 22.7 Å². The Kier molecular flexibility index (Phi) is 4.97. The van der Waals surface area contributed by atoms with Crippen molar-refractivity contribution >= 4 is 61.2 Å². The third-order valence-corrected chi connectivity index (χ3v) is 7.78. The summed E-state index contributed by atoms with van der Waals surface area (Å²) in [4.78, 5) is 27.1. The molecule has 1 aliphatic carbocycles. The normalized spacial score (nSPS) is 16.2. The molecule has 0 saturated heterocycles. The van der Waals surface area contributed by atoms with E-state index in [0.717, 1.165) is 34.9 Å². The summed E-state index contributed by atoms with van der Waals surface area (Å²) in [5, 5.41) is 7.62. The van der Waals surface area contributed by atoms with Crippen LogP contribution in [0.3, 0.4) is 0 Å². The maximum absolute atomic E-state index is 12.9. The number of rotatable bonds is 3. The van der Waals surface area contributed by atoms with Crippen molar-refractivity contribution in [2.24, 2.45) is 5.92 Å². The van der Waals surface area contributed by atoms with Gasteiger partial charge in [0.1, 0.15) is 9.88 Å². The SMILES string of the molecule is CNC(=O)c1c(NC(=O)c2sc3ccccc3c2Cl)sc2c1CC[C@@H](C)C2. The lowest BCUT2D eigenvalue weighted by molar-refractivity contribution is 0.0963. The van der Waals surface area contributed by atoms with Crippen molar-refractivity contribution in [3.05, 3.63) is 50.2 Å². The summed E-state index contributed by atoms with van der Waals surface area (Å²) < 4.78 is 0.971. The highest BCUT2D eigenvalue weighted by molar-refractivity contribution is 7.22. The Morgan fingerprint density at radius 2 is 1.96 bits per heavy atom. The summed E-state index contributed by atoms with van der Waals surface area (Å²) >= 11 is 9.32. The van der Waals surface area contributed by atoms with E-state index in [9.17, 15) is 9.59 Å². The Bertz CT molecular complexity index is 1050. The van der Waals surface area contributed by atoms with Crippen LogP contribution in [0.5, 0.6) is 0 Å². The summed E-state index contributed by atoms with van der Waals surface area (Å²) in [7, 11) is 1.62. The van der Waals surface area contributed by atoms with Gasteiger partial charge >= 0.3 is 0 Å². The van der Waals surface area contributed by atoms with E-state index in [4.69, 9.17) is 11.6 Å². The van der Waals surface area contributed by atoms with E-state index in [-0.39, 0.29) is 11.8 Å². The largest absolute Gasteiger partial charge is 0.355 e. The van der Waals surface area contributed by atoms with E-state index in [0.29, 0.717) is 26.4 Å². The molecule has 3 aromatic rings. The lowest BCUT2D eigenvalue weighted by Crippen LogP contribution is -2.22. The summed E-state index contributed by atoms with van der Waals surface area (Å²) in [5.74, 6) is 0.173. The highest BCUT2D eigenvalue weighted by atomic mass is 35.5. The Hall–Kier alpha value is -1.89. The number of nitrogens with one attached hydrogen (secondary N) is 2. The minimum Gasteiger partial charge on any atom is -0.355 e. The van der Waals surface area contributed by atoms with Gasteiger partial charge in [0.05, 0.1) is 10.6 Å². The van der Waals surface area contributed by atoms with Crippen LogP contribution in [0.25, 0.3) is 10.1 Å². The van der Waals surface area contributed by atoms with Crippen molar-refractivity contribution in [1.29, 1.82) is 0 Å². The fourth-order valence-electron chi connectivity index (χ4n) is 3.52. The van der Waals surface area contributed by atoms with Crippen molar-refractivity contribution in [2.75, 3.05) is 12.4 Å². The molecule has 0 radical (unpaired) electrons. The molecule has 140 valence electrons. The quantitative estimate of drug-likeness (QED) is 0.602. The second-order valence-corrected chi connectivity index (χ2v) is 9.37. The maximum atomic E-state index is 12.9. The maximum Gasteiger partial charge on any atom is 0.267 e. The summed E-state index contributed by atoms with van der Waals surface area (Å²) in [6.07, 6.45) is 2.88. The lowest BCUT2D eigenvalue weighted by atomic mass is 9.88. The van der Waals surface area contributed by atoms with E-state index in [1.54, 1.807) is 7.05 Å². The molecule has 2 aromatic heterocycles. The Morgan fingerprint density at radius 3 is 2.70 bits per heavy atom. The minimum absolute atomic E-state index is 0.153. The number of carbonyl (C=O) groups is 2. The van der Waals surface area contributed by atoms with Gasteiger partial charge in [-0.25, -0.2) is 0 Å². The van der Waals surface area contributed by atoms with Gasteiger partial charge in [-0.3, -0.25) is 9.59 Å². The Morgan fingerprint density at radius 1 is 1.19 bits per heavy atom. The van der Waals surface area contributed by atoms with Crippen LogP contribution < -0.4 is 10.6 Å². The van der Waals surface area contributed by atoms with E-state index in [1.807, 2.05) is 24.3 Å². The van der Waals surface area contributed by atoms with Gasteiger partial charge in [0, 0.05) is 22.0 Å². The first-order valence-corrected chi connectivity index (χ1v) is 10.9. The van der Waals surface area contributed by atoms with Gasteiger partial charge in [0.15, 0.2) is 0 Å². The number of hydrogen-bond donors (Lipinski definition) is 2. The Labute approximate surface area is 170 Å². The van der Waals surface area contributed by atoms with Gasteiger partial charge < -0.3 is 10.6 Å². The van der Waals surface area contributed by atoms with Crippen molar-refractivity contribution < 1.29 is 9.59 Å². The van der Waals surface area contributed by atoms with Crippen molar-refractivity contribution in [3.63, 3.8) is 0 Å². The molecule has 7 heteroatoms. The third kappa shape index (κ3) is 3.26. The zero-order valence-corrected chi connectivity index (χ0v) is 17.4. The molecule has 2 N–H and O–H groups in total. The molecule has 0 spiro atoms. The molecule has 0 bridgehead atoms. The number of carbonyl (C=O) groups excluding carboxylic acids is 2. The molecule has 2 heterocycles. The van der Waals surface area contributed by atoms with Crippen LogP contribution in [-0.2, 0) is 12.8 Å². The molecule has 1 atom stereocenters. The number of fused-ring (bicyclic) bond motifs is 2. The smallest absolute Gasteiger partial charge is 0.267 e.